The average Bonchev–Trinajstić information content (AvgIpc) is 3.35. The van der Waals surface area contributed by atoms with Crippen LogP contribution in [0.3, 0.4) is 0 Å². The van der Waals surface area contributed by atoms with Crippen LogP contribution < -0.4 is 10.6 Å². The van der Waals surface area contributed by atoms with E-state index < -0.39 is 6.04 Å². The first-order valence-corrected chi connectivity index (χ1v) is 8.85. The third kappa shape index (κ3) is 2.57. The highest BCUT2D eigenvalue weighted by Crippen LogP contribution is 2.30. The van der Waals surface area contributed by atoms with E-state index in [-0.39, 0.29) is 17.7 Å². The minimum absolute atomic E-state index is 0.170. The highest BCUT2D eigenvalue weighted by atomic mass is 16.2. The second kappa shape index (κ2) is 6.12. The standard InChI is InChI=1S/C18H15N7O3/c26-16(10-5-7-25-15(8-10)21-22-23-25)19-11-3-4-13-12(9-11)18(28)24-6-1-2-14(24)17(27)20-13/h3-5,7-9,14H,1-2,6H2,(H,19,26)(H,20,27). The first-order chi connectivity index (χ1) is 13.6. The van der Waals surface area contributed by atoms with E-state index in [0.29, 0.717) is 41.1 Å². The van der Waals surface area contributed by atoms with Crippen molar-refractivity contribution in [3.05, 3.63) is 47.7 Å². The molecule has 1 fully saturated rings. The monoisotopic (exact) mass is 377 g/mol. The highest BCUT2D eigenvalue weighted by Gasteiger charge is 2.38. The van der Waals surface area contributed by atoms with Gasteiger partial charge in [-0.25, -0.2) is 4.52 Å². The Bertz CT molecular complexity index is 1140. The van der Waals surface area contributed by atoms with Gasteiger partial charge in [0.05, 0.1) is 11.3 Å². The van der Waals surface area contributed by atoms with Gasteiger partial charge in [0.2, 0.25) is 5.91 Å². The summed E-state index contributed by atoms with van der Waals surface area (Å²) in [6.07, 6.45) is 3.05. The quantitative estimate of drug-likeness (QED) is 0.685. The Hall–Kier alpha value is -3.82. The molecule has 1 unspecified atom stereocenters. The molecular weight excluding hydrogens is 362 g/mol. The number of anilines is 2. The molecule has 0 spiro atoms. The Balaban J connectivity index is 1.44. The topological polar surface area (TPSA) is 122 Å². The largest absolute Gasteiger partial charge is 0.327 e. The molecule has 2 aromatic heterocycles. The van der Waals surface area contributed by atoms with Crippen molar-refractivity contribution in [1.29, 1.82) is 0 Å². The smallest absolute Gasteiger partial charge is 0.256 e. The van der Waals surface area contributed by atoms with Crippen LogP contribution in [0.4, 0.5) is 11.4 Å². The number of rotatable bonds is 2. The normalized spacial score (nSPS) is 18.4. The summed E-state index contributed by atoms with van der Waals surface area (Å²) in [7, 11) is 0. The number of pyridine rings is 1. The zero-order valence-electron chi connectivity index (χ0n) is 14.6. The molecule has 1 aromatic carbocycles. The second-order valence-corrected chi connectivity index (χ2v) is 6.76. The van der Waals surface area contributed by atoms with Crippen molar-refractivity contribution in [2.24, 2.45) is 0 Å². The number of hydrogen-bond acceptors (Lipinski definition) is 6. The van der Waals surface area contributed by atoms with Crippen molar-refractivity contribution in [3.63, 3.8) is 0 Å². The Morgan fingerprint density at radius 1 is 1.21 bits per heavy atom. The molecule has 1 saturated heterocycles. The number of benzene rings is 1. The Labute approximate surface area is 158 Å². The lowest BCUT2D eigenvalue weighted by Gasteiger charge is -2.20. The molecule has 2 N–H and O–H groups in total. The summed E-state index contributed by atoms with van der Waals surface area (Å²) in [5, 5.41) is 16.7. The van der Waals surface area contributed by atoms with E-state index in [4.69, 9.17) is 0 Å². The molecule has 2 aliphatic heterocycles. The number of nitrogens with zero attached hydrogens (tertiary/aromatic N) is 5. The fourth-order valence-electron chi connectivity index (χ4n) is 3.65. The van der Waals surface area contributed by atoms with Gasteiger partial charge < -0.3 is 15.5 Å². The van der Waals surface area contributed by atoms with Gasteiger partial charge in [-0.15, -0.1) is 5.10 Å². The van der Waals surface area contributed by atoms with Crippen LogP contribution in [0.25, 0.3) is 5.65 Å². The molecule has 3 aromatic rings. The van der Waals surface area contributed by atoms with Crippen molar-refractivity contribution in [2.75, 3.05) is 17.2 Å². The summed E-state index contributed by atoms with van der Waals surface area (Å²) in [5.74, 6) is -0.728. The minimum Gasteiger partial charge on any atom is -0.327 e. The highest BCUT2D eigenvalue weighted by molar-refractivity contribution is 6.11. The van der Waals surface area contributed by atoms with Crippen molar-refractivity contribution in [3.8, 4) is 0 Å². The fourth-order valence-corrected chi connectivity index (χ4v) is 3.65. The van der Waals surface area contributed by atoms with Gasteiger partial charge in [-0.3, -0.25) is 14.4 Å². The van der Waals surface area contributed by atoms with E-state index in [1.807, 2.05) is 0 Å². The maximum atomic E-state index is 12.9. The molecule has 10 nitrogen and oxygen atoms in total. The lowest BCUT2D eigenvalue weighted by Crippen LogP contribution is -2.40. The van der Waals surface area contributed by atoms with Crippen LogP contribution in [0.15, 0.2) is 36.5 Å². The van der Waals surface area contributed by atoms with Gasteiger partial charge >= 0.3 is 0 Å². The van der Waals surface area contributed by atoms with Crippen LogP contribution in [0, 0.1) is 0 Å². The van der Waals surface area contributed by atoms with Gasteiger partial charge in [-0.1, -0.05) is 0 Å². The molecular formula is C18H15N7O3. The molecule has 4 heterocycles. The average molecular weight is 377 g/mol. The number of fused-ring (bicyclic) bond motifs is 3. The third-order valence-electron chi connectivity index (χ3n) is 5.04. The minimum atomic E-state index is -0.429. The van der Waals surface area contributed by atoms with Crippen LogP contribution in [-0.2, 0) is 4.79 Å². The number of hydrogen-bond donors (Lipinski definition) is 2. The number of aromatic nitrogens is 4. The van der Waals surface area contributed by atoms with Crippen molar-refractivity contribution < 1.29 is 14.4 Å². The van der Waals surface area contributed by atoms with Gasteiger partial charge in [0.15, 0.2) is 5.65 Å². The lowest BCUT2D eigenvalue weighted by molar-refractivity contribution is -0.119. The first kappa shape index (κ1) is 16.4. The zero-order chi connectivity index (χ0) is 19.3. The fraction of sp³-hybridized carbons (Fsp3) is 0.222. The molecule has 5 rings (SSSR count). The molecule has 0 aliphatic carbocycles. The summed E-state index contributed by atoms with van der Waals surface area (Å²) >= 11 is 0. The summed E-state index contributed by atoms with van der Waals surface area (Å²) < 4.78 is 1.45. The van der Waals surface area contributed by atoms with Gasteiger partial charge in [0.25, 0.3) is 11.8 Å². The molecule has 2 aliphatic rings. The maximum Gasteiger partial charge on any atom is 0.256 e. The van der Waals surface area contributed by atoms with Crippen LogP contribution in [0.5, 0.6) is 0 Å². The molecule has 0 bridgehead atoms. The summed E-state index contributed by atoms with van der Waals surface area (Å²) in [4.78, 5) is 39.4. The Morgan fingerprint density at radius 3 is 3.00 bits per heavy atom. The van der Waals surface area contributed by atoms with Gasteiger partial charge in [-0.2, -0.15) is 0 Å². The van der Waals surface area contributed by atoms with Crippen LogP contribution in [0.2, 0.25) is 0 Å². The zero-order valence-corrected chi connectivity index (χ0v) is 14.6. The summed E-state index contributed by atoms with van der Waals surface area (Å²) in [6.45, 7) is 0.555. The third-order valence-corrected chi connectivity index (χ3v) is 5.04. The predicted octanol–water partition coefficient (Wildman–Crippen LogP) is 0.933. The summed E-state index contributed by atoms with van der Waals surface area (Å²) in [6, 6.07) is 7.61. The lowest BCUT2D eigenvalue weighted by atomic mass is 10.1. The van der Waals surface area contributed by atoms with Gasteiger partial charge in [0, 0.05) is 24.0 Å². The maximum absolute atomic E-state index is 12.9. The van der Waals surface area contributed by atoms with Crippen molar-refractivity contribution in [2.45, 2.75) is 18.9 Å². The summed E-state index contributed by atoms with van der Waals surface area (Å²) in [5.41, 5.74) is 2.12. The molecule has 28 heavy (non-hydrogen) atoms. The van der Waals surface area contributed by atoms with E-state index in [1.165, 1.54) is 4.52 Å². The van der Waals surface area contributed by atoms with E-state index >= 15 is 0 Å². The molecule has 10 heteroatoms. The Morgan fingerprint density at radius 2 is 2.11 bits per heavy atom. The Kier molecular flexibility index (Phi) is 3.57. The molecule has 0 saturated carbocycles. The number of amides is 3. The molecule has 140 valence electrons. The van der Waals surface area contributed by atoms with Crippen molar-refractivity contribution in [1.82, 2.24) is 24.9 Å². The molecule has 3 amide bonds. The number of carbonyl (C=O) groups is 3. The van der Waals surface area contributed by atoms with Crippen molar-refractivity contribution >= 4 is 34.7 Å². The SMILES string of the molecule is O=C(Nc1ccc2c(c1)C(=O)N1CCCC1C(=O)N2)c1ccn2nnnc2c1. The van der Waals surface area contributed by atoms with E-state index in [1.54, 1.807) is 41.4 Å². The first-order valence-electron chi connectivity index (χ1n) is 8.85. The number of nitrogens with one attached hydrogen (secondary N) is 2. The predicted molar refractivity (Wildman–Crippen MR) is 97.9 cm³/mol. The van der Waals surface area contributed by atoms with E-state index in [9.17, 15) is 14.4 Å². The van der Waals surface area contributed by atoms with Crippen LogP contribution in [-0.4, -0.2) is 55.2 Å². The number of tetrazole rings is 1. The molecule has 1 atom stereocenters. The van der Waals surface area contributed by atoms with E-state index in [2.05, 4.69) is 26.2 Å². The second-order valence-electron chi connectivity index (χ2n) is 6.76. The number of carbonyl (C=O) groups excluding carboxylic acids is 3. The van der Waals surface area contributed by atoms with Crippen LogP contribution >= 0.6 is 0 Å². The van der Waals surface area contributed by atoms with E-state index in [0.717, 1.165) is 6.42 Å². The van der Waals surface area contributed by atoms with Crippen LogP contribution in [0.1, 0.15) is 33.6 Å². The molecule has 0 radical (unpaired) electrons. The van der Waals surface area contributed by atoms with Gasteiger partial charge in [-0.05, 0) is 53.6 Å². The van der Waals surface area contributed by atoms with Gasteiger partial charge in [0.1, 0.15) is 6.04 Å².